The standard InChI is InChI=1S/C7H2ClN2O5/c8-7-5(9(12)13)1-4(3-11)2-6(7)10(14)15/h1-2H. The van der Waals surface area contributed by atoms with Crippen LogP contribution in [-0.2, 0) is 4.79 Å². The van der Waals surface area contributed by atoms with Gasteiger partial charge in [0.2, 0.25) is 6.29 Å². The minimum absolute atomic E-state index is 0.294. The van der Waals surface area contributed by atoms with Gasteiger partial charge in [0.05, 0.1) is 9.85 Å². The van der Waals surface area contributed by atoms with E-state index in [1.165, 1.54) is 6.29 Å². The lowest BCUT2D eigenvalue weighted by atomic mass is 10.2. The molecular formula is C7H2ClN2O5. The van der Waals surface area contributed by atoms with Gasteiger partial charge in [-0.1, -0.05) is 11.6 Å². The van der Waals surface area contributed by atoms with Crippen molar-refractivity contribution in [2.75, 3.05) is 0 Å². The van der Waals surface area contributed by atoms with Gasteiger partial charge in [0, 0.05) is 17.7 Å². The summed E-state index contributed by atoms with van der Waals surface area (Å²) in [6.07, 6.45) is 1.33. The van der Waals surface area contributed by atoms with Crippen molar-refractivity contribution in [3.63, 3.8) is 0 Å². The van der Waals surface area contributed by atoms with Gasteiger partial charge in [-0.25, -0.2) is 0 Å². The van der Waals surface area contributed by atoms with Crippen LogP contribution in [-0.4, -0.2) is 16.1 Å². The maximum Gasteiger partial charge on any atom is 0.295 e. The Kier molecular flexibility index (Phi) is 2.96. The molecule has 0 saturated heterocycles. The molecule has 0 fully saturated rings. The number of benzene rings is 1. The van der Waals surface area contributed by atoms with Gasteiger partial charge in [-0.05, 0) is 0 Å². The fourth-order valence-corrected chi connectivity index (χ4v) is 1.17. The first-order valence-corrected chi connectivity index (χ1v) is 3.85. The third-order valence-electron chi connectivity index (χ3n) is 1.55. The van der Waals surface area contributed by atoms with Crippen molar-refractivity contribution >= 4 is 29.3 Å². The Morgan fingerprint density at radius 2 is 1.53 bits per heavy atom. The molecule has 8 heteroatoms. The third kappa shape index (κ3) is 2.08. The number of nitro groups is 2. The molecule has 0 unspecified atom stereocenters. The topological polar surface area (TPSA) is 103 Å². The van der Waals surface area contributed by atoms with E-state index in [4.69, 9.17) is 11.6 Å². The molecule has 0 heterocycles. The molecule has 7 nitrogen and oxygen atoms in total. The van der Waals surface area contributed by atoms with E-state index < -0.39 is 26.2 Å². The molecule has 0 amide bonds. The van der Waals surface area contributed by atoms with Crippen LogP contribution in [0.5, 0.6) is 0 Å². The van der Waals surface area contributed by atoms with E-state index in [0.717, 1.165) is 12.1 Å². The zero-order valence-corrected chi connectivity index (χ0v) is 7.72. The lowest BCUT2D eigenvalue weighted by Crippen LogP contribution is -1.97. The summed E-state index contributed by atoms with van der Waals surface area (Å²) >= 11 is 5.41. The van der Waals surface area contributed by atoms with Gasteiger partial charge in [0.15, 0.2) is 5.02 Å². The monoisotopic (exact) mass is 229 g/mol. The van der Waals surface area contributed by atoms with E-state index in [-0.39, 0.29) is 5.56 Å². The smallest absolute Gasteiger partial charge is 0.285 e. The van der Waals surface area contributed by atoms with Crippen molar-refractivity contribution in [2.45, 2.75) is 0 Å². The van der Waals surface area contributed by atoms with Crippen LogP contribution >= 0.6 is 11.6 Å². The Morgan fingerprint density at radius 1 is 1.13 bits per heavy atom. The molecule has 1 rings (SSSR count). The maximum atomic E-state index is 10.4. The van der Waals surface area contributed by atoms with E-state index in [1.807, 2.05) is 0 Å². The number of hydrogen-bond donors (Lipinski definition) is 0. The van der Waals surface area contributed by atoms with Gasteiger partial charge >= 0.3 is 0 Å². The van der Waals surface area contributed by atoms with Crippen LogP contribution in [0.1, 0.15) is 5.56 Å². The first-order chi connectivity index (χ1) is 6.97. The summed E-state index contributed by atoms with van der Waals surface area (Å²) in [4.78, 5) is 29.3. The SMILES string of the molecule is O=[C]c1cc([N+](=O)[O-])c(Cl)c([N+](=O)[O-])c1. The average molecular weight is 230 g/mol. The first-order valence-electron chi connectivity index (χ1n) is 3.48. The Morgan fingerprint density at radius 3 is 1.80 bits per heavy atom. The summed E-state index contributed by atoms with van der Waals surface area (Å²) in [7, 11) is 0. The summed E-state index contributed by atoms with van der Waals surface area (Å²) in [5.41, 5.74) is -1.67. The Labute approximate surface area is 87.6 Å². The summed E-state index contributed by atoms with van der Waals surface area (Å²) in [6, 6.07) is 1.64. The van der Waals surface area contributed by atoms with Crippen molar-refractivity contribution in [3.8, 4) is 0 Å². The second kappa shape index (κ2) is 4.01. The van der Waals surface area contributed by atoms with Crippen molar-refractivity contribution in [2.24, 2.45) is 0 Å². The number of nitrogens with zero attached hydrogens (tertiary/aromatic N) is 2. The molecule has 0 aliphatic carbocycles. The van der Waals surface area contributed by atoms with E-state index in [0.29, 0.717) is 0 Å². The van der Waals surface area contributed by atoms with Gasteiger partial charge in [0.25, 0.3) is 11.4 Å². The van der Waals surface area contributed by atoms with Crippen LogP contribution in [0, 0.1) is 20.2 Å². The molecule has 1 aromatic rings. The fraction of sp³-hybridized carbons (Fsp3) is 0. The highest BCUT2D eigenvalue weighted by atomic mass is 35.5. The average Bonchev–Trinajstić information content (AvgIpc) is 2.17. The molecule has 0 atom stereocenters. The van der Waals surface area contributed by atoms with E-state index in [2.05, 4.69) is 0 Å². The van der Waals surface area contributed by atoms with Crippen molar-refractivity contribution in [1.82, 2.24) is 0 Å². The Bertz CT molecular complexity index is 424. The van der Waals surface area contributed by atoms with Crippen molar-refractivity contribution < 1.29 is 14.6 Å². The van der Waals surface area contributed by atoms with Crippen molar-refractivity contribution in [1.29, 1.82) is 0 Å². The number of hydrogen-bond acceptors (Lipinski definition) is 5. The molecule has 0 bridgehead atoms. The van der Waals surface area contributed by atoms with Crippen molar-refractivity contribution in [3.05, 3.63) is 42.9 Å². The predicted molar refractivity (Wildman–Crippen MR) is 49.6 cm³/mol. The minimum Gasteiger partial charge on any atom is -0.285 e. The highest BCUT2D eigenvalue weighted by Crippen LogP contribution is 2.34. The fourth-order valence-electron chi connectivity index (χ4n) is 0.919. The van der Waals surface area contributed by atoms with Gasteiger partial charge < -0.3 is 0 Å². The molecule has 0 aromatic heterocycles. The van der Waals surface area contributed by atoms with Crippen LogP contribution in [0.25, 0.3) is 0 Å². The van der Waals surface area contributed by atoms with E-state index >= 15 is 0 Å². The van der Waals surface area contributed by atoms with Gasteiger partial charge in [0.1, 0.15) is 0 Å². The molecule has 0 saturated carbocycles. The summed E-state index contributed by atoms with van der Waals surface area (Å²) in [5.74, 6) is 0. The van der Waals surface area contributed by atoms with Gasteiger partial charge in [-0.2, -0.15) is 0 Å². The quantitative estimate of drug-likeness (QED) is 0.578. The largest absolute Gasteiger partial charge is 0.295 e. The zero-order chi connectivity index (χ0) is 11.6. The van der Waals surface area contributed by atoms with Crippen LogP contribution in [0.15, 0.2) is 12.1 Å². The molecule has 0 spiro atoms. The molecule has 0 N–H and O–H groups in total. The number of carbonyl (C=O) groups excluding carboxylic acids is 1. The third-order valence-corrected chi connectivity index (χ3v) is 1.93. The van der Waals surface area contributed by atoms with Crippen LogP contribution < -0.4 is 0 Å². The van der Waals surface area contributed by atoms with Gasteiger partial charge in [-0.3, -0.25) is 25.0 Å². The number of nitro benzene ring substituents is 2. The van der Waals surface area contributed by atoms with Crippen LogP contribution in [0.2, 0.25) is 5.02 Å². The van der Waals surface area contributed by atoms with Crippen LogP contribution in [0.3, 0.4) is 0 Å². The van der Waals surface area contributed by atoms with Gasteiger partial charge in [-0.15, -0.1) is 0 Å². The lowest BCUT2D eigenvalue weighted by Gasteiger charge is -1.97. The summed E-state index contributed by atoms with van der Waals surface area (Å²) in [6.45, 7) is 0. The number of rotatable bonds is 3. The summed E-state index contributed by atoms with van der Waals surface area (Å²) in [5, 5.41) is 20.3. The Balaban J connectivity index is 3.53. The highest BCUT2D eigenvalue weighted by molar-refractivity contribution is 6.34. The molecule has 1 radical (unpaired) electrons. The predicted octanol–water partition coefficient (Wildman–Crippen LogP) is 1.61. The molecular weight excluding hydrogens is 228 g/mol. The molecule has 1 aromatic carbocycles. The van der Waals surface area contributed by atoms with Crippen LogP contribution in [0.4, 0.5) is 11.4 Å². The zero-order valence-electron chi connectivity index (χ0n) is 6.97. The van der Waals surface area contributed by atoms with E-state index in [1.54, 1.807) is 0 Å². The molecule has 15 heavy (non-hydrogen) atoms. The second-order valence-corrected chi connectivity index (χ2v) is 2.82. The molecule has 77 valence electrons. The molecule has 0 aliphatic heterocycles. The lowest BCUT2D eigenvalue weighted by molar-refractivity contribution is -0.393. The normalized spacial score (nSPS) is 9.67. The summed E-state index contributed by atoms with van der Waals surface area (Å²) < 4.78 is 0. The second-order valence-electron chi connectivity index (χ2n) is 2.44. The minimum atomic E-state index is -0.907. The number of halogens is 1. The molecule has 0 aliphatic rings. The Hall–Kier alpha value is -2.02. The first kappa shape index (κ1) is 11.1. The highest BCUT2D eigenvalue weighted by Gasteiger charge is 2.25. The van der Waals surface area contributed by atoms with E-state index in [9.17, 15) is 25.0 Å². The maximum absolute atomic E-state index is 10.4.